The van der Waals surface area contributed by atoms with E-state index in [0.717, 1.165) is 4.90 Å². The molecule has 0 aliphatic heterocycles. The van der Waals surface area contributed by atoms with Gasteiger partial charge in [-0.05, 0) is 17.5 Å². The molecule has 0 saturated heterocycles. The van der Waals surface area contributed by atoms with E-state index in [4.69, 9.17) is 5.11 Å². The zero-order chi connectivity index (χ0) is 15.9. The summed E-state index contributed by atoms with van der Waals surface area (Å²) >= 11 is 1.62. The van der Waals surface area contributed by atoms with Gasteiger partial charge in [-0.15, -0.1) is 11.8 Å². The highest BCUT2D eigenvalue weighted by atomic mass is 32.2. The van der Waals surface area contributed by atoms with Crippen molar-refractivity contribution in [3.63, 3.8) is 0 Å². The Morgan fingerprint density at radius 1 is 1.24 bits per heavy atom. The number of rotatable bonds is 7. The molecular formula is C16H23NO3S. The Kier molecular flexibility index (Phi) is 6.75. The zero-order valence-electron chi connectivity index (χ0n) is 12.8. The van der Waals surface area contributed by atoms with E-state index in [1.54, 1.807) is 11.8 Å². The Bertz CT molecular complexity index is 468. The normalized spacial score (nSPS) is 12.7. The molecule has 0 radical (unpaired) electrons. The number of carbonyl (C=O) groups excluding carboxylic acids is 1. The lowest BCUT2D eigenvalue weighted by atomic mass is 9.84. The van der Waals surface area contributed by atoms with Gasteiger partial charge in [0.2, 0.25) is 5.91 Å². The third-order valence-electron chi connectivity index (χ3n) is 3.10. The van der Waals surface area contributed by atoms with E-state index in [9.17, 15) is 9.59 Å². The first kappa shape index (κ1) is 17.6. The molecule has 1 aromatic rings. The summed E-state index contributed by atoms with van der Waals surface area (Å²) in [6.07, 6.45) is 0.326. The minimum atomic E-state index is -0.895. The van der Waals surface area contributed by atoms with E-state index in [1.807, 2.05) is 51.1 Å². The summed E-state index contributed by atoms with van der Waals surface area (Å²) in [5.41, 5.74) is -0.277. The minimum absolute atomic E-state index is 0.0545. The number of thioether (sulfide) groups is 1. The maximum Gasteiger partial charge on any atom is 0.305 e. The molecule has 0 aliphatic rings. The number of nitrogens with one attached hydrogen (secondary N) is 1. The fourth-order valence-electron chi connectivity index (χ4n) is 1.79. The maximum absolute atomic E-state index is 12.0. The van der Waals surface area contributed by atoms with Crippen molar-refractivity contribution in [2.75, 3.05) is 5.75 Å². The molecule has 0 bridgehead atoms. The van der Waals surface area contributed by atoms with Crippen molar-refractivity contribution in [2.24, 2.45) is 5.41 Å². The van der Waals surface area contributed by atoms with Crippen LogP contribution in [0.2, 0.25) is 0 Å². The second-order valence-corrected chi connectivity index (χ2v) is 7.16. The van der Waals surface area contributed by atoms with Crippen molar-refractivity contribution in [3.8, 4) is 0 Å². The van der Waals surface area contributed by atoms with Gasteiger partial charge in [0.25, 0.3) is 0 Å². The summed E-state index contributed by atoms with van der Waals surface area (Å²) in [6.45, 7) is 5.79. The molecule has 0 heterocycles. The molecule has 1 amide bonds. The number of amides is 1. The Morgan fingerprint density at radius 2 is 1.86 bits per heavy atom. The third-order valence-corrected chi connectivity index (χ3v) is 4.11. The van der Waals surface area contributed by atoms with Crippen LogP contribution >= 0.6 is 11.8 Å². The van der Waals surface area contributed by atoms with E-state index in [2.05, 4.69) is 5.32 Å². The topological polar surface area (TPSA) is 66.4 Å². The van der Waals surface area contributed by atoms with E-state index < -0.39 is 5.97 Å². The molecule has 0 spiro atoms. The summed E-state index contributed by atoms with van der Waals surface area (Å²) in [7, 11) is 0. The summed E-state index contributed by atoms with van der Waals surface area (Å²) in [4.78, 5) is 24.0. The van der Waals surface area contributed by atoms with Gasteiger partial charge in [0.1, 0.15) is 0 Å². The molecule has 1 atom stereocenters. The summed E-state index contributed by atoms with van der Waals surface area (Å²) in [5, 5.41) is 11.8. The molecule has 21 heavy (non-hydrogen) atoms. The molecule has 1 rings (SSSR count). The monoisotopic (exact) mass is 309 g/mol. The van der Waals surface area contributed by atoms with E-state index >= 15 is 0 Å². The number of hydrogen-bond acceptors (Lipinski definition) is 3. The van der Waals surface area contributed by atoms with E-state index in [-0.39, 0.29) is 23.8 Å². The first-order chi connectivity index (χ1) is 9.79. The number of aliphatic carboxylic acids is 1. The van der Waals surface area contributed by atoms with Gasteiger partial charge in [0.15, 0.2) is 0 Å². The molecule has 0 aromatic heterocycles. The summed E-state index contributed by atoms with van der Waals surface area (Å²) < 4.78 is 0. The predicted molar refractivity (Wildman–Crippen MR) is 85.4 cm³/mol. The van der Waals surface area contributed by atoms with Gasteiger partial charge in [-0.2, -0.15) is 0 Å². The van der Waals surface area contributed by atoms with Gasteiger partial charge in [-0.1, -0.05) is 39.0 Å². The van der Waals surface area contributed by atoms with Crippen LogP contribution < -0.4 is 5.32 Å². The Morgan fingerprint density at radius 3 is 2.38 bits per heavy atom. The van der Waals surface area contributed by atoms with Crippen LogP contribution in [-0.2, 0) is 9.59 Å². The maximum atomic E-state index is 12.0. The van der Waals surface area contributed by atoms with Crippen molar-refractivity contribution < 1.29 is 14.7 Å². The van der Waals surface area contributed by atoms with Crippen LogP contribution in [0.1, 0.15) is 33.6 Å². The van der Waals surface area contributed by atoms with Gasteiger partial charge in [-0.3, -0.25) is 9.59 Å². The zero-order valence-corrected chi connectivity index (χ0v) is 13.6. The highest BCUT2D eigenvalue weighted by Crippen LogP contribution is 2.22. The van der Waals surface area contributed by atoms with Crippen molar-refractivity contribution >= 4 is 23.6 Å². The Hall–Kier alpha value is -1.49. The highest BCUT2D eigenvalue weighted by Gasteiger charge is 2.28. The fourth-order valence-corrected chi connectivity index (χ4v) is 2.67. The summed E-state index contributed by atoms with van der Waals surface area (Å²) in [5.74, 6) is -0.312. The number of benzene rings is 1. The fraction of sp³-hybridized carbons (Fsp3) is 0.500. The lowest BCUT2D eigenvalue weighted by Gasteiger charge is -2.30. The number of hydrogen-bond donors (Lipinski definition) is 2. The molecule has 116 valence electrons. The number of carboxylic acid groups (broad SMARTS) is 1. The third kappa shape index (κ3) is 7.18. The molecular weight excluding hydrogens is 286 g/mol. The molecule has 5 heteroatoms. The van der Waals surface area contributed by atoms with Crippen LogP contribution in [0.4, 0.5) is 0 Å². The Balaban J connectivity index is 2.42. The molecule has 2 N–H and O–H groups in total. The van der Waals surface area contributed by atoms with Crippen molar-refractivity contribution in [2.45, 2.75) is 44.6 Å². The van der Waals surface area contributed by atoms with E-state index in [1.165, 1.54) is 0 Å². The van der Waals surface area contributed by atoms with Crippen LogP contribution in [0.15, 0.2) is 35.2 Å². The molecule has 0 saturated carbocycles. The van der Waals surface area contributed by atoms with Gasteiger partial charge in [0.05, 0.1) is 6.42 Å². The lowest BCUT2D eigenvalue weighted by molar-refractivity contribution is -0.138. The van der Waals surface area contributed by atoms with Crippen molar-refractivity contribution in [1.82, 2.24) is 5.32 Å². The highest BCUT2D eigenvalue weighted by molar-refractivity contribution is 7.99. The second-order valence-electron chi connectivity index (χ2n) is 6.00. The van der Waals surface area contributed by atoms with E-state index in [0.29, 0.717) is 12.2 Å². The smallest absolute Gasteiger partial charge is 0.305 e. The molecule has 1 aromatic carbocycles. The van der Waals surface area contributed by atoms with Crippen molar-refractivity contribution in [3.05, 3.63) is 30.3 Å². The quantitative estimate of drug-likeness (QED) is 0.759. The van der Waals surface area contributed by atoms with Crippen LogP contribution in [-0.4, -0.2) is 28.8 Å². The lowest BCUT2D eigenvalue weighted by Crippen LogP contribution is -2.45. The van der Waals surface area contributed by atoms with Crippen LogP contribution in [0.25, 0.3) is 0 Å². The predicted octanol–water partition coefficient (Wildman–Crippen LogP) is 3.17. The van der Waals surface area contributed by atoms with Gasteiger partial charge >= 0.3 is 5.97 Å². The van der Waals surface area contributed by atoms with Crippen molar-refractivity contribution in [1.29, 1.82) is 0 Å². The van der Waals surface area contributed by atoms with Gasteiger partial charge in [-0.25, -0.2) is 0 Å². The average Bonchev–Trinajstić information content (AvgIpc) is 2.37. The van der Waals surface area contributed by atoms with Gasteiger partial charge < -0.3 is 10.4 Å². The molecule has 0 fully saturated rings. The van der Waals surface area contributed by atoms with Crippen LogP contribution in [0.5, 0.6) is 0 Å². The second kappa shape index (κ2) is 8.08. The number of carboxylic acids is 1. The standard InChI is InChI=1S/C16H23NO3S/c1-16(2,3)13(11-15(19)20)17-14(18)9-10-21-12-7-5-4-6-8-12/h4-8,13H,9-11H2,1-3H3,(H,17,18)(H,19,20). The average molecular weight is 309 g/mol. The SMILES string of the molecule is CC(C)(C)C(CC(=O)O)NC(=O)CCSc1ccccc1. The van der Waals surface area contributed by atoms with Crippen LogP contribution in [0.3, 0.4) is 0 Å². The summed E-state index contributed by atoms with van der Waals surface area (Å²) in [6, 6.07) is 9.53. The first-order valence-corrected chi connectivity index (χ1v) is 7.96. The first-order valence-electron chi connectivity index (χ1n) is 6.98. The molecule has 4 nitrogen and oxygen atoms in total. The number of carbonyl (C=O) groups is 2. The Labute approximate surface area is 130 Å². The van der Waals surface area contributed by atoms with Crippen LogP contribution in [0, 0.1) is 5.41 Å². The molecule has 0 aliphatic carbocycles. The minimum Gasteiger partial charge on any atom is -0.481 e. The van der Waals surface area contributed by atoms with Gasteiger partial charge in [0, 0.05) is 23.1 Å². The largest absolute Gasteiger partial charge is 0.481 e. The molecule has 1 unspecified atom stereocenters.